The molecule has 1 N–H and O–H groups in total. The molecule has 21 heavy (non-hydrogen) atoms. The van der Waals surface area contributed by atoms with Gasteiger partial charge in [-0.2, -0.15) is 0 Å². The molecular formula is C18H21IN2. The van der Waals surface area contributed by atoms with E-state index in [0.29, 0.717) is 12.1 Å². The minimum absolute atomic E-state index is 0.288. The quantitative estimate of drug-likeness (QED) is 0.603. The Morgan fingerprint density at radius 1 is 1.48 bits per heavy atom. The van der Waals surface area contributed by atoms with Gasteiger partial charge < -0.3 is 5.32 Å². The normalized spacial score (nSPS) is 34.3. The monoisotopic (exact) mass is 392 g/mol. The van der Waals surface area contributed by atoms with E-state index in [1.54, 1.807) is 5.56 Å². The van der Waals surface area contributed by atoms with E-state index < -0.39 is 0 Å². The maximum absolute atomic E-state index is 3.76. The molecule has 2 nitrogen and oxygen atoms in total. The summed E-state index contributed by atoms with van der Waals surface area (Å²) in [4.78, 5) is 2.70. The summed E-state index contributed by atoms with van der Waals surface area (Å²) in [5.74, 6) is 0. The van der Waals surface area contributed by atoms with Crippen molar-refractivity contribution in [2.75, 3.05) is 18.4 Å². The van der Waals surface area contributed by atoms with Crippen molar-refractivity contribution in [2.24, 2.45) is 0 Å². The number of benzene rings is 1. The number of hydrogen-bond donors (Lipinski definition) is 1. The van der Waals surface area contributed by atoms with Gasteiger partial charge in [-0.05, 0) is 60.5 Å². The van der Waals surface area contributed by atoms with Gasteiger partial charge >= 0.3 is 0 Å². The largest absolute Gasteiger partial charge is 0.378 e. The van der Waals surface area contributed by atoms with Crippen LogP contribution in [0.2, 0.25) is 0 Å². The van der Waals surface area contributed by atoms with Gasteiger partial charge in [0, 0.05) is 27.3 Å². The van der Waals surface area contributed by atoms with Gasteiger partial charge in [-0.25, -0.2) is 0 Å². The van der Waals surface area contributed by atoms with Gasteiger partial charge in [0.25, 0.3) is 0 Å². The summed E-state index contributed by atoms with van der Waals surface area (Å²) in [7, 11) is 0. The van der Waals surface area contributed by atoms with Crippen molar-refractivity contribution in [3.63, 3.8) is 0 Å². The Morgan fingerprint density at radius 3 is 3.19 bits per heavy atom. The van der Waals surface area contributed by atoms with Gasteiger partial charge in [0.15, 0.2) is 0 Å². The summed E-state index contributed by atoms with van der Waals surface area (Å²) in [6.45, 7) is 4.45. The second-order valence-electron chi connectivity index (χ2n) is 6.34. The second kappa shape index (κ2) is 5.13. The van der Waals surface area contributed by atoms with Gasteiger partial charge in [0.05, 0.1) is 6.04 Å². The number of anilines is 1. The first kappa shape index (κ1) is 13.8. The maximum Gasteiger partial charge on any atom is 0.0557 e. The van der Waals surface area contributed by atoms with E-state index in [4.69, 9.17) is 0 Å². The van der Waals surface area contributed by atoms with E-state index in [2.05, 4.69) is 82.2 Å². The molecule has 2 aliphatic heterocycles. The molecule has 0 bridgehead atoms. The second-order valence-corrected chi connectivity index (χ2v) is 7.73. The molecule has 0 aromatic heterocycles. The molecule has 1 saturated heterocycles. The van der Waals surface area contributed by atoms with Gasteiger partial charge in [-0.15, -0.1) is 0 Å². The highest BCUT2D eigenvalue weighted by atomic mass is 127. The first-order valence-corrected chi connectivity index (χ1v) is 8.91. The van der Waals surface area contributed by atoms with E-state index in [-0.39, 0.29) is 5.41 Å². The number of allylic oxidation sites excluding steroid dienone is 1. The van der Waals surface area contributed by atoms with Crippen LogP contribution in [-0.2, 0) is 5.41 Å². The standard InChI is InChI=1S/C18H21IN2/c1-2-13(19)12-21-11-10-18-14-6-3-4-7-15(14)20-16(18)8-5-9-17(18)21/h2-8,16-17,20H,9-12H2,1H3/b13-2-/t16-,17-,18-/m0/s1. The highest BCUT2D eigenvalue weighted by Crippen LogP contribution is 2.53. The van der Waals surface area contributed by atoms with Crippen LogP contribution in [0, 0.1) is 0 Å². The molecule has 0 saturated carbocycles. The fourth-order valence-corrected chi connectivity index (χ4v) is 4.97. The van der Waals surface area contributed by atoms with Crippen molar-refractivity contribution >= 4 is 28.3 Å². The minimum atomic E-state index is 0.288. The lowest BCUT2D eigenvalue weighted by Gasteiger charge is -2.41. The zero-order valence-electron chi connectivity index (χ0n) is 12.3. The Kier molecular flexibility index (Phi) is 3.38. The van der Waals surface area contributed by atoms with Crippen LogP contribution in [0.4, 0.5) is 5.69 Å². The molecule has 110 valence electrons. The fraction of sp³-hybridized carbons (Fsp3) is 0.444. The highest BCUT2D eigenvalue weighted by molar-refractivity contribution is 14.1. The summed E-state index contributed by atoms with van der Waals surface area (Å²) in [6, 6.07) is 10.0. The SMILES string of the molecule is C/C=C(\I)CN1CC[C@]23c4ccccc4N[C@H]2C=CC[C@H]13. The van der Waals surface area contributed by atoms with Crippen LogP contribution >= 0.6 is 22.6 Å². The van der Waals surface area contributed by atoms with Crippen molar-refractivity contribution in [2.45, 2.75) is 37.3 Å². The maximum atomic E-state index is 3.76. The van der Waals surface area contributed by atoms with E-state index in [9.17, 15) is 0 Å². The average molecular weight is 392 g/mol. The van der Waals surface area contributed by atoms with Gasteiger partial charge in [-0.1, -0.05) is 36.4 Å². The summed E-state index contributed by atoms with van der Waals surface area (Å²) in [6.07, 6.45) is 9.47. The fourth-order valence-electron chi connectivity index (χ4n) is 4.53. The number of nitrogens with zero attached hydrogens (tertiary/aromatic N) is 1. The molecule has 1 aliphatic carbocycles. The number of halogens is 1. The van der Waals surface area contributed by atoms with Crippen LogP contribution < -0.4 is 5.32 Å². The van der Waals surface area contributed by atoms with Crippen molar-refractivity contribution < 1.29 is 0 Å². The van der Waals surface area contributed by atoms with Crippen LogP contribution in [0.15, 0.2) is 46.1 Å². The molecule has 2 heterocycles. The Morgan fingerprint density at radius 2 is 2.33 bits per heavy atom. The Balaban J connectivity index is 1.76. The first-order chi connectivity index (χ1) is 10.3. The number of fused-ring (bicyclic) bond motifs is 1. The molecule has 0 amide bonds. The lowest BCUT2D eigenvalue weighted by molar-refractivity contribution is 0.215. The molecule has 3 atom stereocenters. The summed E-state index contributed by atoms with van der Waals surface area (Å²) >= 11 is 2.48. The predicted octanol–water partition coefficient (Wildman–Crippen LogP) is 4.09. The summed E-state index contributed by atoms with van der Waals surface area (Å²) in [5.41, 5.74) is 3.18. The molecule has 3 heteroatoms. The molecule has 0 radical (unpaired) electrons. The molecule has 1 aromatic carbocycles. The number of nitrogens with one attached hydrogen (secondary N) is 1. The number of likely N-dealkylation sites (tertiary alicyclic amines) is 1. The topological polar surface area (TPSA) is 15.3 Å². The van der Waals surface area contributed by atoms with Crippen LogP contribution in [0.3, 0.4) is 0 Å². The van der Waals surface area contributed by atoms with E-state index in [1.807, 2.05) is 0 Å². The van der Waals surface area contributed by atoms with Crippen molar-refractivity contribution in [3.05, 3.63) is 51.6 Å². The van der Waals surface area contributed by atoms with E-state index in [1.165, 1.54) is 28.7 Å². The summed E-state index contributed by atoms with van der Waals surface area (Å²) < 4.78 is 1.45. The third-order valence-corrected chi connectivity index (χ3v) is 6.46. The smallest absolute Gasteiger partial charge is 0.0557 e. The van der Waals surface area contributed by atoms with Crippen molar-refractivity contribution in [3.8, 4) is 0 Å². The molecular weight excluding hydrogens is 371 g/mol. The first-order valence-electron chi connectivity index (χ1n) is 7.83. The zero-order valence-corrected chi connectivity index (χ0v) is 14.5. The van der Waals surface area contributed by atoms with Crippen LogP contribution in [0.1, 0.15) is 25.3 Å². The van der Waals surface area contributed by atoms with Gasteiger partial charge in [-0.3, -0.25) is 4.90 Å². The number of para-hydroxylation sites is 1. The minimum Gasteiger partial charge on any atom is -0.378 e. The van der Waals surface area contributed by atoms with Crippen LogP contribution in [0.5, 0.6) is 0 Å². The predicted molar refractivity (Wildman–Crippen MR) is 97.0 cm³/mol. The Hall–Kier alpha value is -0.810. The average Bonchev–Trinajstić information content (AvgIpc) is 3.04. The summed E-state index contributed by atoms with van der Waals surface area (Å²) in [5, 5.41) is 3.76. The third kappa shape index (κ3) is 1.93. The molecule has 0 unspecified atom stereocenters. The van der Waals surface area contributed by atoms with Crippen molar-refractivity contribution in [1.29, 1.82) is 0 Å². The molecule has 4 rings (SSSR count). The van der Waals surface area contributed by atoms with E-state index >= 15 is 0 Å². The van der Waals surface area contributed by atoms with Crippen molar-refractivity contribution in [1.82, 2.24) is 4.90 Å². The van der Waals surface area contributed by atoms with Gasteiger partial charge in [0.1, 0.15) is 0 Å². The highest BCUT2D eigenvalue weighted by Gasteiger charge is 2.56. The lowest BCUT2D eigenvalue weighted by Crippen LogP contribution is -2.50. The Labute approximate surface area is 140 Å². The van der Waals surface area contributed by atoms with Crippen LogP contribution in [-0.4, -0.2) is 30.1 Å². The van der Waals surface area contributed by atoms with Gasteiger partial charge in [0.2, 0.25) is 0 Å². The lowest BCUT2D eigenvalue weighted by atomic mass is 9.67. The molecule has 1 spiro atoms. The third-order valence-electron chi connectivity index (χ3n) is 5.50. The number of hydrogen-bond acceptors (Lipinski definition) is 2. The molecule has 3 aliphatic rings. The molecule has 1 aromatic rings. The van der Waals surface area contributed by atoms with E-state index in [0.717, 1.165) is 6.54 Å². The zero-order chi connectivity index (χ0) is 14.4. The number of rotatable bonds is 2. The van der Waals surface area contributed by atoms with Crippen LogP contribution in [0.25, 0.3) is 0 Å². The Bertz CT molecular complexity index is 621. The molecule has 1 fully saturated rings.